The third-order valence-electron chi connectivity index (χ3n) is 4.05. The summed E-state index contributed by atoms with van der Waals surface area (Å²) >= 11 is 0. The molecule has 150 valence electrons. The Morgan fingerprint density at radius 3 is 2.25 bits per heavy atom. The van der Waals surface area contributed by atoms with E-state index in [0.717, 1.165) is 11.8 Å². The van der Waals surface area contributed by atoms with E-state index in [-0.39, 0.29) is 17.2 Å². The molecule has 0 saturated carbocycles. The van der Waals surface area contributed by atoms with Crippen molar-refractivity contribution in [2.24, 2.45) is 0 Å². The number of para-hydroxylation sites is 1. The summed E-state index contributed by atoms with van der Waals surface area (Å²) < 4.78 is 30.4. The Balaban J connectivity index is 1.96. The van der Waals surface area contributed by atoms with Gasteiger partial charge in [-0.3, -0.25) is 9.52 Å². The van der Waals surface area contributed by atoms with E-state index in [1.165, 1.54) is 19.1 Å². The van der Waals surface area contributed by atoms with Crippen molar-refractivity contribution in [2.75, 3.05) is 17.5 Å². The Hall–Kier alpha value is -2.87. The van der Waals surface area contributed by atoms with Crippen LogP contribution in [-0.4, -0.2) is 39.2 Å². The van der Waals surface area contributed by atoms with E-state index < -0.39 is 28.0 Å². The van der Waals surface area contributed by atoms with Gasteiger partial charge in [0, 0.05) is 6.54 Å². The molecule has 2 atom stereocenters. The van der Waals surface area contributed by atoms with Crippen LogP contribution >= 0.6 is 0 Å². The number of hydrogen-bond donors (Lipinski definition) is 2. The highest BCUT2D eigenvalue weighted by atomic mass is 32.2. The van der Waals surface area contributed by atoms with E-state index in [0.29, 0.717) is 6.54 Å². The molecule has 2 rings (SSSR count). The van der Waals surface area contributed by atoms with Gasteiger partial charge in [0.05, 0.1) is 17.5 Å². The molecular weight excluding hydrogens is 380 g/mol. The molecule has 1 amide bonds. The monoisotopic (exact) mass is 404 g/mol. The number of nitrogens with one attached hydrogen (secondary N) is 2. The smallest absolute Gasteiger partial charge is 0.341 e. The summed E-state index contributed by atoms with van der Waals surface area (Å²) in [6.45, 7) is 3.85. The molecule has 0 aliphatic rings. The van der Waals surface area contributed by atoms with Crippen LogP contribution in [0.5, 0.6) is 0 Å². The number of carbonyl (C=O) groups is 2. The van der Waals surface area contributed by atoms with Crippen LogP contribution < -0.4 is 10.0 Å². The molecule has 0 unspecified atom stereocenters. The molecule has 2 N–H and O–H groups in total. The van der Waals surface area contributed by atoms with Crippen LogP contribution in [0.2, 0.25) is 0 Å². The Morgan fingerprint density at radius 1 is 1.00 bits per heavy atom. The van der Waals surface area contributed by atoms with Crippen LogP contribution in [0.25, 0.3) is 0 Å². The lowest BCUT2D eigenvalue weighted by Gasteiger charge is -2.17. The van der Waals surface area contributed by atoms with Crippen molar-refractivity contribution >= 4 is 27.6 Å². The number of esters is 1. The van der Waals surface area contributed by atoms with Gasteiger partial charge in [0.25, 0.3) is 5.91 Å². The first-order valence-electron chi connectivity index (χ1n) is 8.78. The number of anilines is 1. The Labute approximate surface area is 165 Å². The summed E-state index contributed by atoms with van der Waals surface area (Å²) in [6, 6.07) is 15.8. The topological polar surface area (TPSA) is 102 Å². The van der Waals surface area contributed by atoms with Crippen molar-refractivity contribution in [2.45, 2.75) is 25.9 Å². The quantitative estimate of drug-likeness (QED) is 0.659. The van der Waals surface area contributed by atoms with Crippen LogP contribution in [0.4, 0.5) is 5.69 Å². The third kappa shape index (κ3) is 6.38. The van der Waals surface area contributed by atoms with Crippen molar-refractivity contribution in [3.63, 3.8) is 0 Å². The Bertz CT molecular complexity index is 929. The molecular formula is C20H24N2O5S. The molecule has 2 aromatic carbocycles. The summed E-state index contributed by atoms with van der Waals surface area (Å²) in [5.41, 5.74) is 1.22. The van der Waals surface area contributed by atoms with E-state index in [1.807, 2.05) is 37.3 Å². The molecule has 7 nitrogen and oxygen atoms in total. The highest BCUT2D eigenvalue weighted by molar-refractivity contribution is 7.92. The molecule has 0 bridgehead atoms. The number of hydrogen-bond acceptors (Lipinski definition) is 5. The third-order valence-corrected chi connectivity index (χ3v) is 4.64. The second-order valence-electron chi connectivity index (χ2n) is 6.52. The Kier molecular flexibility index (Phi) is 7.17. The highest BCUT2D eigenvalue weighted by Crippen LogP contribution is 2.18. The largest absolute Gasteiger partial charge is 0.449 e. The number of rotatable bonds is 8. The molecule has 0 aliphatic heterocycles. The number of amides is 1. The molecule has 0 aliphatic carbocycles. The van der Waals surface area contributed by atoms with Crippen LogP contribution in [0, 0.1) is 0 Å². The predicted molar refractivity (Wildman–Crippen MR) is 108 cm³/mol. The van der Waals surface area contributed by atoms with Gasteiger partial charge < -0.3 is 10.1 Å². The average Bonchev–Trinajstić information content (AvgIpc) is 2.65. The lowest BCUT2D eigenvalue weighted by Crippen LogP contribution is -2.37. The molecule has 0 aromatic heterocycles. The molecule has 0 saturated heterocycles. The molecule has 8 heteroatoms. The lowest BCUT2D eigenvalue weighted by molar-refractivity contribution is -0.129. The van der Waals surface area contributed by atoms with E-state index in [2.05, 4.69) is 10.0 Å². The normalized spacial score (nSPS) is 13.2. The van der Waals surface area contributed by atoms with Crippen molar-refractivity contribution < 1.29 is 22.7 Å². The molecule has 2 aromatic rings. The van der Waals surface area contributed by atoms with E-state index in [1.54, 1.807) is 12.1 Å². The van der Waals surface area contributed by atoms with Crippen molar-refractivity contribution in [1.29, 1.82) is 0 Å². The summed E-state index contributed by atoms with van der Waals surface area (Å²) in [4.78, 5) is 24.6. The number of carbonyl (C=O) groups excluding carboxylic acids is 2. The zero-order valence-electron chi connectivity index (χ0n) is 16.0. The average molecular weight is 404 g/mol. The second-order valence-corrected chi connectivity index (χ2v) is 8.27. The fourth-order valence-electron chi connectivity index (χ4n) is 2.52. The first kappa shape index (κ1) is 21.4. The van der Waals surface area contributed by atoms with Crippen LogP contribution in [-0.2, 0) is 19.6 Å². The maximum absolute atomic E-state index is 12.4. The minimum atomic E-state index is -3.56. The van der Waals surface area contributed by atoms with E-state index in [9.17, 15) is 18.0 Å². The lowest BCUT2D eigenvalue weighted by atomic mass is 10.0. The zero-order valence-corrected chi connectivity index (χ0v) is 16.8. The zero-order chi connectivity index (χ0) is 20.7. The van der Waals surface area contributed by atoms with E-state index >= 15 is 0 Å². The van der Waals surface area contributed by atoms with E-state index in [4.69, 9.17) is 4.74 Å². The van der Waals surface area contributed by atoms with Gasteiger partial charge in [-0.05, 0) is 30.5 Å². The molecule has 0 radical (unpaired) electrons. The standard InChI is InChI=1S/C20H24N2O5S/c1-14(16-9-5-4-6-10-16)13-21-19(23)15(2)27-20(24)17-11-7-8-12-18(17)22-28(3,25)26/h4-12,14-15,22H,13H2,1-3H3,(H,21,23)/t14-,15-/m1/s1. The molecule has 0 heterocycles. The van der Waals surface area contributed by atoms with Crippen LogP contribution in [0.15, 0.2) is 54.6 Å². The maximum atomic E-state index is 12.4. The highest BCUT2D eigenvalue weighted by Gasteiger charge is 2.22. The fraction of sp³-hybridized carbons (Fsp3) is 0.300. The minimum Gasteiger partial charge on any atom is -0.449 e. The maximum Gasteiger partial charge on any atom is 0.341 e. The second kappa shape index (κ2) is 9.36. The van der Waals surface area contributed by atoms with Crippen molar-refractivity contribution in [3.05, 3.63) is 65.7 Å². The first-order valence-corrected chi connectivity index (χ1v) is 10.7. The van der Waals surface area contributed by atoms with Crippen LogP contribution in [0.1, 0.15) is 35.7 Å². The van der Waals surface area contributed by atoms with Crippen LogP contribution in [0.3, 0.4) is 0 Å². The molecule has 0 spiro atoms. The minimum absolute atomic E-state index is 0.0326. The molecule has 0 fully saturated rings. The van der Waals surface area contributed by atoms with Gasteiger partial charge in [0.2, 0.25) is 10.0 Å². The summed E-state index contributed by atoms with van der Waals surface area (Å²) in [5.74, 6) is -1.11. The van der Waals surface area contributed by atoms with Gasteiger partial charge in [0.1, 0.15) is 0 Å². The predicted octanol–water partition coefficient (Wildman–Crippen LogP) is 2.52. The van der Waals surface area contributed by atoms with Gasteiger partial charge in [0.15, 0.2) is 6.10 Å². The number of sulfonamides is 1. The summed E-state index contributed by atoms with van der Waals surface area (Å²) in [5, 5.41) is 2.76. The van der Waals surface area contributed by atoms with Crippen molar-refractivity contribution in [1.82, 2.24) is 5.32 Å². The summed E-state index contributed by atoms with van der Waals surface area (Å²) in [7, 11) is -3.56. The van der Waals surface area contributed by atoms with Gasteiger partial charge in [-0.15, -0.1) is 0 Å². The van der Waals surface area contributed by atoms with Gasteiger partial charge in [-0.2, -0.15) is 0 Å². The number of ether oxygens (including phenoxy) is 1. The van der Waals surface area contributed by atoms with Gasteiger partial charge in [-0.1, -0.05) is 49.4 Å². The van der Waals surface area contributed by atoms with Gasteiger partial charge in [-0.25, -0.2) is 13.2 Å². The first-order chi connectivity index (χ1) is 13.2. The van der Waals surface area contributed by atoms with Gasteiger partial charge >= 0.3 is 5.97 Å². The Morgan fingerprint density at radius 2 is 1.61 bits per heavy atom. The fourth-order valence-corrected chi connectivity index (χ4v) is 3.10. The number of benzene rings is 2. The van der Waals surface area contributed by atoms with Crippen molar-refractivity contribution in [3.8, 4) is 0 Å². The summed E-state index contributed by atoms with van der Waals surface area (Å²) in [6.07, 6.45) is -0.0409. The molecule has 28 heavy (non-hydrogen) atoms. The SMILES string of the molecule is C[C@H](CNC(=O)[C@@H](C)OC(=O)c1ccccc1NS(C)(=O)=O)c1ccccc1.